The molecule has 0 spiro atoms. The monoisotopic (exact) mass is 254 g/mol. The quantitative estimate of drug-likeness (QED) is 0.869. The molecule has 0 radical (unpaired) electrons. The van der Waals surface area contributed by atoms with Gasteiger partial charge in [0, 0.05) is 6.42 Å². The second-order valence-electron chi connectivity index (χ2n) is 5.49. The van der Waals surface area contributed by atoms with Crippen molar-refractivity contribution in [3.8, 4) is 0 Å². The molecule has 1 aromatic rings. The van der Waals surface area contributed by atoms with Crippen LogP contribution in [0, 0.1) is 17.6 Å². The summed E-state index contributed by atoms with van der Waals surface area (Å²) in [7, 11) is 0. The van der Waals surface area contributed by atoms with E-state index >= 15 is 0 Å². The summed E-state index contributed by atoms with van der Waals surface area (Å²) in [5, 5.41) is 10.5. The molecule has 0 saturated heterocycles. The molecule has 1 aliphatic carbocycles. The van der Waals surface area contributed by atoms with E-state index in [4.69, 9.17) is 0 Å². The standard InChI is InChI=1S/C15H20F2O/c1-2-11-5-7-15(18,8-6-11)10-12-9-13(16)3-4-14(12)17/h3-4,9,11,18H,2,5-8,10H2,1H3. The molecule has 0 aliphatic heterocycles. The van der Waals surface area contributed by atoms with Crippen molar-refractivity contribution in [2.24, 2.45) is 5.92 Å². The van der Waals surface area contributed by atoms with Gasteiger partial charge in [-0.25, -0.2) is 8.78 Å². The molecule has 0 heterocycles. The van der Waals surface area contributed by atoms with Crippen LogP contribution in [-0.2, 0) is 6.42 Å². The van der Waals surface area contributed by atoms with Gasteiger partial charge in [-0.3, -0.25) is 0 Å². The smallest absolute Gasteiger partial charge is 0.126 e. The summed E-state index contributed by atoms with van der Waals surface area (Å²) in [6.07, 6.45) is 4.66. The van der Waals surface area contributed by atoms with Gasteiger partial charge < -0.3 is 5.11 Å². The Bertz CT molecular complexity index is 409. The lowest BCUT2D eigenvalue weighted by Crippen LogP contribution is -2.36. The highest BCUT2D eigenvalue weighted by Gasteiger charge is 2.33. The second kappa shape index (κ2) is 5.35. The number of aliphatic hydroxyl groups is 1. The number of hydrogen-bond acceptors (Lipinski definition) is 1. The molecule has 1 nitrogen and oxygen atoms in total. The van der Waals surface area contributed by atoms with Gasteiger partial charge in [0.05, 0.1) is 5.60 Å². The molecule has 0 atom stereocenters. The van der Waals surface area contributed by atoms with Crippen molar-refractivity contribution in [3.63, 3.8) is 0 Å². The van der Waals surface area contributed by atoms with Gasteiger partial charge in [0.25, 0.3) is 0 Å². The molecule has 1 N–H and O–H groups in total. The highest BCUT2D eigenvalue weighted by atomic mass is 19.1. The minimum Gasteiger partial charge on any atom is -0.390 e. The minimum atomic E-state index is -0.861. The molecule has 1 saturated carbocycles. The molecule has 2 rings (SSSR count). The van der Waals surface area contributed by atoms with E-state index in [1.54, 1.807) is 0 Å². The van der Waals surface area contributed by atoms with Crippen LogP contribution in [0.25, 0.3) is 0 Å². The van der Waals surface area contributed by atoms with Crippen LogP contribution in [0.15, 0.2) is 18.2 Å². The Morgan fingerprint density at radius 1 is 1.28 bits per heavy atom. The maximum absolute atomic E-state index is 13.6. The van der Waals surface area contributed by atoms with E-state index in [9.17, 15) is 13.9 Å². The summed E-state index contributed by atoms with van der Waals surface area (Å²) in [6, 6.07) is 3.43. The van der Waals surface area contributed by atoms with Crippen molar-refractivity contribution < 1.29 is 13.9 Å². The van der Waals surface area contributed by atoms with Gasteiger partial charge in [0.1, 0.15) is 11.6 Å². The first-order chi connectivity index (χ1) is 8.52. The Hall–Kier alpha value is -0.960. The van der Waals surface area contributed by atoms with E-state index in [1.165, 1.54) is 6.07 Å². The SMILES string of the molecule is CCC1CCC(O)(Cc2cc(F)ccc2F)CC1. The third-order valence-corrected chi connectivity index (χ3v) is 4.14. The van der Waals surface area contributed by atoms with Crippen LogP contribution in [0.2, 0.25) is 0 Å². The summed E-state index contributed by atoms with van der Waals surface area (Å²) in [5.74, 6) is -0.206. The van der Waals surface area contributed by atoms with E-state index in [0.29, 0.717) is 18.8 Å². The first-order valence-electron chi connectivity index (χ1n) is 6.69. The lowest BCUT2D eigenvalue weighted by Gasteiger charge is -2.36. The predicted molar refractivity (Wildman–Crippen MR) is 67.3 cm³/mol. The number of benzene rings is 1. The fourth-order valence-corrected chi connectivity index (χ4v) is 2.83. The van der Waals surface area contributed by atoms with E-state index in [-0.39, 0.29) is 12.0 Å². The van der Waals surface area contributed by atoms with Crippen LogP contribution in [-0.4, -0.2) is 10.7 Å². The fourth-order valence-electron chi connectivity index (χ4n) is 2.83. The third kappa shape index (κ3) is 3.08. The second-order valence-corrected chi connectivity index (χ2v) is 5.49. The molecule has 0 amide bonds. The first-order valence-corrected chi connectivity index (χ1v) is 6.69. The zero-order valence-electron chi connectivity index (χ0n) is 10.8. The van der Waals surface area contributed by atoms with Crippen LogP contribution in [0.1, 0.15) is 44.6 Å². The Kier molecular flexibility index (Phi) is 4.00. The van der Waals surface area contributed by atoms with Crippen LogP contribution < -0.4 is 0 Å². The summed E-state index contributed by atoms with van der Waals surface area (Å²) < 4.78 is 26.7. The Labute approximate surface area is 107 Å². The van der Waals surface area contributed by atoms with Gasteiger partial charge in [-0.1, -0.05) is 13.3 Å². The topological polar surface area (TPSA) is 20.2 Å². The molecule has 0 unspecified atom stereocenters. The van der Waals surface area contributed by atoms with Crippen LogP contribution >= 0.6 is 0 Å². The van der Waals surface area contributed by atoms with E-state index in [0.717, 1.165) is 31.4 Å². The Balaban J connectivity index is 2.06. The molecule has 3 heteroatoms. The molecule has 1 fully saturated rings. The van der Waals surface area contributed by atoms with Crippen molar-refractivity contribution in [2.75, 3.05) is 0 Å². The third-order valence-electron chi connectivity index (χ3n) is 4.14. The number of hydrogen-bond donors (Lipinski definition) is 1. The van der Waals surface area contributed by atoms with E-state index in [1.807, 2.05) is 0 Å². The van der Waals surface area contributed by atoms with Crippen molar-refractivity contribution in [2.45, 2.75) is 51.0 Å². The van der Waals surface area contributed by atoms with Gasteiger partial charge >= 0.3 is 0 Å². The average molecular weight is 254 g/mol. The van der Waals surface area contributed by atoms with Gasteiger partial charge in [0.2, 0.25) is 0 Å². The Morgan fingerprint density at radius 3 is 2.56 bits per heavy atom. The highest BCUT2D eigenvalue weighted by molar-refractivity contribution is 5.21. The van der Waals surface area contributed by atoms with Gasteiger partial charge in [-0.15, -0.1) is 0 Å². The maximum Gasteiger partial charge on any atom is 0.126 e. The lowest BCUT2D eigenvalue weighted by molar-refractivity contribution is -0.00988. The zero-order valence-corrected chi connectivity index (χ0v) is 10.8. The minimum absolute atomic E-state index is 0.215. The maximum atomic E-state index is 13.6. The molecule has 0 aromatic heterocycles. The number of rotatable bonds is 3. The lowest BCUT2D eigenvalue weighted by atomic mass is 9.75. The number of halogens is 2. The molecule has 100 valence electrons. The normalized spacial score (nSPS) is 28.3. The molecule has 0 bridgehead atoms. The molecular weight excluding hydrogens is 234 g/mol. The van der Waals surface area contributed by atoms with Gasteiger partial charge in [-0.2, -0.15) is 0 Å². The van der Waals surface area contributed by atoms with E-state index < -0.39 is 17.2 Å². The van der Waals surface area contributed by atoms with Gasteiger partial charge in [0.15, 0.2) is 0 Å². The highest BCUT2D eigenvalue weighted by Crippen LogP contribution is 2.36. The zero-order chi connectivity index (χ0) is 13.2. The summed E-state index contributed by atoms with van der Waals surface area (Å²) >= 11 is 0. The molecule has 1 aromatic carbocycles. The van der Waals surface area contributed by atoms with Crippen LogP contribution in [0.4, 0.5) is 8.78 Å². The fraction of sp³-hybridized carbons (Fsp3) is 0.600. The predicted octanol–water partition coefficient (Wildman–Crippen LogP) is 3.84. The molecule has 18 heavy (non-hydrogen) atoms. The first kappa shape index (κ1) is 13.5. The van der Waals surface area contributed by atoms with E-state index in [2.05, 4.69) is 6.92 Å². The van der Waals surface area contributed by atoms with Crippen molar-refractivity contribution in [3.05, 3.63) is 35.4 Å². The summed E-state index contributed by atoms with van der Waals surface area (Å²) in [5.41, 5.74) is -0.576. The van der Waals surface area contributed by atoms with Crippen LogP contribution in [0.3, 0.4) is 0 Å². The molecular formula is C15H20F2O. The van der Waals surface area contributed by atoms with Crippen LogP contribution in [0.5, 0.6) is 0 Å². The average Bonchev–Trinajstić information content (AvgIpc) is 2.35. The van der Waals surface area contributed by atoms with Gasteiger partial charge in [-0.05, 0) is 55.4 Å². The summed E-state index contributed by atoms with van der Waals surface area (Å²) in [6.45, 7) is 2.15. The van der Waals surface area contributed by atoms with Crippen molar-refractivity contribution >= 4 is 0 Å². The van der Waals surface area contributed by atoms with Crippen molar-refractivity contribution in [1.82, 2.24) is 0 Å². The van der Waals surface area contributed by atoms with Crippen molar-refractivity contribution in [1.29, 1.82) is 0 Å². The largest absolute Gasteiger partial charge is 0.390 e. The summed E-state index contributed by atoms with van der Waals surface area (Å²) in [4.78, 5) is 0. The Morgan fingerprint density at radius 2 is 1.94 bits per heavy atom. The molecule has 1 aliphatic rings.